The number of nitrogens with zero attached hydrogens (tertiary/aromatic N) is 3. The Kier molecular flexibility index (Phi) is 5.56. The van der Waals surface area contributed by atoms with Gasteiger partial charge in [-0.3, -0.25) is 4.98 Å². The molecule has 154 valence electrons. The number of pyridine rings is 1. The first kappa shape index (κ1) is 20.4. The van der Waals surface area contributed by atoms with Gasteiger partial charge in [0.05, 0.1) is 28.6 Å². The SMILES string of the molecule is N#Cc1cc(-c2ncccc2Cl)cc(OCCC[N+]2=C(O)c3ccccc3C2=O)c1N. The number of benzene rings is 2. The van der Waals surface area contributed by atoms with E-state index in [1.165, 1.54) is 4.58 Å². The Bertz CT molecular complexity index is 1260. The number of nitriles is 1. The van der Waals surface area contributed by atoms with Gasteiger partial charge in [-0.25, -0.2) is 4.79 Å². The van der Waals surface area contributed by atoms with Crippen molar-refractivity contribution >= 4 is 29.1 Å². The van der Waals surface area contributed by atoms with Crippen LogP contribution in [0.5, 0.6) is 5.75 Å². The fraction of sp³-hybridized carbons (Fsp3) is 0.130. The van der Waals surface area contributed by atoms with Gasteiger partial charge in [-0.05, 0) is 36.4 Å². The predicted octanol–water partition coefficient (Wildman–Crippen LogP) is 3.80. The molecule has 0 radical (unpaired) electrons. The van der Waals surface area contributed by atoms with Crippen LogP contribution in [0.15, 0.2) is 54.7 Å². The molecule has 3 N–H and O–H groups in total. The number of carbonyl (C=O) groups is 1. The number of anilines is 1. The topological polar surface area (TPSA) is 112 Å². The maximum Gasteiger partial charge on any atom is 0.423 e. The molecular weight excluding hydrogens is 416 g/mol. The van der Waals surface area contributed by atoms with Crippen LogP contribution in [0.2, 0.25) is 5.02 Å². The minimum Gasteiger partial charge on any atom is -0.491 e. The Labute approximate surface area is 183 Å². The molecule has 1 amide bonds. The van der Waals surface area contributed by atoms with E-state index in [9.17, 15) is 15.2 Å². The minimum absolute atomic E-state index is 0.0568. The van der Waals surface area contributed by atoms with E-state index in [0.29, 0.717) is 39.6 Å². The van der Waals surface area contributed by atoms with Crippen LogP contribution >= 0.6 is 11.6 Å². The van der Waals surface area contributed by atoms with Gasteiger partial charge in [-0.1, -0.05) is 23.7 Å². The minimum atomic E-state index is -0.244. The summed E-state index contributed by atoms with van der Waals surface area (Å²) >= 11 is 6.23. The van der Waals surface area contributed by atoms with Crippen LogP contribution in [-0.4, -0.2) is 39.6 Å². The van der Waals surface area contributed by atoms with Crippen molar-refractivity contribution in [2.45, 2.75) is 6.42 Å². The average Bonchev–Trinajstić information content (AvgIpc) is 3.03. The monoisotopic (exact) mass is 433 g/mol. The molecule has 0 aliphatic carbocycles. The molecule has 0 spiro atoms. The van der Waals surface area contributed by atoms with Crippen LogP contribution < -0.4 is 10.5 Å². The quantitative estimate of drug-likeness (QED) is 0.347. The summed E-state index contributed by atoms with van der Waals surface area (Å²) < 4.78 is 7.13. The fourth-order valence-electron chi connectivity index (χ4n) is 3.44. The number of hydrogen-bond donors (Lipinski definition) is 2. The number of nitrogen functional groups attached to an aromatic ring is 1. The number of ether oxygens (including phenoxy) is 1. The van der Waals surface area contributed by atoms with Gasteiger partial charge < -0.3 is 15.6 Å². The molecule has 4 rings (SSSR count). The van der Waals surface area contributed by atoms with Gasteiger partial charge in [0.15, 0.2) is 6.54 Å². The summed E-state index contributed by atoms with van der Waals surface area (Å²) in [4.78, 5) is 16.7. The van der Waals surface area contributed by atoms with E-state index in [-0.39, 0.29) is 36.2 Å². The van der Waals surface area contributed by atoms with E-state index in [1.807, 2.05) is 0 Å². The molecular formula is C23H18ClN4O3+. The number of rotatable bonds is 6. The number of aliphatic hydroxyl groups is 1. The van der Waals surface area contributed by atoms with Gasteiger partial charge in [0.1, 0.15) is 22.9 Å². The molecule has 3 aromatic rings. The van der Waals surface area contributed by atoms with Crippen molar-refractivity contribution in [2.24, 2.45) is 0 Å². The van der Waals surface area contributed by atoms with Gasteiger partial charge in [0.25, 0.3) is 0 Å². The number of nitrogens with two attached hydrogens (primary N) is 1. The molecule has 0 saturated heterocycles. The first-order chi connectivity index (χ1) is 15.0. The van der Waals surface area contributed by atoms with Gasteiger partial charge in [-0.2, -0.15) is 5.26 Å². The van der Waals surface area contributed by atoms with Crippen molar-refractivity contribution in [3.8, 4) is 23.1 Å². The molecule has 31 heavy (non-hydrogen) atoms. The highest BCUT2D eigenvalue weighted by Gasteiger charge is 2.37. The van der Waals surface area contributed by atoms with Crippen molar-refractivity contribution in [1.29, 1.82) is 5.26 Å². The number of aliphatic hydroxyl groups excluding tert-OH is 1. The Morgan fingerprint density at radius 3 is 2.68 bits per heavy atom. The third kappa shape index (κ3) is 3.81. The largest absolute Gasteiger partial charge is 0.491 e. The molecule has 1 aromatic heterocycles. The maximum atomic E-state index is 12.5. The van der Waals surface area contributed by atoms with Crippen molar-refractivity contribution in [1.82, 2.24) is 4.98 Å². The lowest BCUT2D eigenvalue weighted by Gasteiger charge is -2.12. The van der Waals surface area contributed by atoms with Crippen LogP contribution in [0, 0.1) is 11.3 Å². The summed E-state index contributed by atoms with van der Waals surface area (Å²) in [5, 5.41) is 20.2. The number of amides is 1. The predicted molar refractivity (Wildman–Crippen MR) is 117 cm³/mol. The van der Waals surface area contributed by atoms with E-state index in [1.54, 1.807) is 54.7 Å². The summed E-state index contributed by atoms with van der Waals surface area (Å²) in [5.74, 6) is 0.0323. The summed E-state index contributed by atoms with van der Waals surface area (Å²) in [6, 6.07) is 15.7. The molecule has 0 bridgehead atoms. The Morgan fingerprint density at radius 2 is 1.97 bits per heavy atom. The molecule has 0 saturated carbocycles. The van der Waals surface area contributed by atoms with E-state index < -0.39 is 0 Å². The number of carbonyl (C=O) groups excluding carboxylic acids is 1. The molecule has 1 aliphatic rings. The van der Waals surface area contributed by atoms with Crippen molar-refractivity contribution in [3.05, 3.63) is 76.4 Å². The van der Waals surface area contributed by atoms with Crippen molar-refractivity contribution < 1.29 is 19.2 Å². The zero-order valence-corrected chi connectivity index (χ0v) is 17.1. The highest BCUT2D eigenvalue weighted by molar-refractivity contribution is 6.33. The Hall–Kier alpha value is -3.89. The summed E-state index contributed by atoms with van der Waals surface area (Å²) in [5.41, 5.74) is 8.68. The summed E-state index contributed by atoms with van der Waals surface area (Å²) in [7, 11) is 0. The third-order valence-electron chi connectivity index (χ3n) is 4.98. The van der Waals surface area contributed by atoms with Crippen LogP contribution in [0.25, 0.3) is 11.3 Å². The van der Waals surface area contributed by atoms with Crippen LogP contribution in [0.3, 0.4) is 0 Å². The lowest BCUT2D eigenvalue weighted by Crippen LogP contribution is -2.23. The highest BCUT2D eigenvalue weighted by Crippen LogP contribution is 2.34. The second kappa shape index (κ2) is 8.46. The van der Waals surface area contributed by atoms with Crippen LogP contribution in [0.4, 0.5) is 5.69 Å². The number of fused-ring (bicyclic) bond motifs is 1. The van der Waals surface area contributed by atoms with E-state index in [4.69, 9.17) is 22.1 Å². The average molecular weight is 434 g/mol. The number of hydrogen-bond acceptors (Lipinski definition) is 5. The Balaban J connectivity index is 1.49. The Morgan fingerprint density at radius 1 is 1.19 bits per heavy atom. The second-order valence-electron chi connectivity index (χ2n) is 6.91. The zero-order chi connectivity index (χ0) is 22.0. The van der Waals surface area contributed by atoms with Crippen molar-refractivity contribution in [2.75, 3.05) is 18.9 Å². The summed E-state index contributed by atoms with van der Waals surface area (Å²) in [6.45, 7) is 0.498. The fourth-order valence-corrected chi connectivity index (χ4v) is 3.67. The molecule has 8 heteroatoms. The van der Waals surface area contributed by atoms with Gasteiger partial charge in [0, 0.05) is 18.2 Å². The van der Waals surface area contributed by atoms with Crippen LogP contribution in [-0.2, 0) is 0 Å². The number of halogens is 1. The normalized spacial score (nSPS) is 12.6. The lowest BCUT2D eigenvalue weighted by molar-refractivity contribution is -0.434. The van der Waals surface area contributed by atoms with Crippen molar-refractivity contribution in [3.63, 3.8) is 0 Å². The van der Waals surface area contributed by atoms with E-state index in [0.717, 1.165) is 0 Å². The third-order valence-corrected chi connectivity index (χ3v) is 5.28. The molecule has 0 unspecified atom stereocenters. The first-order valence-corrected chi connectivity index (χ1v) is 9.93. The maximum absolute atomic E-state index is 12.5. The molecule has 0 fully saturated rings. The second-order valence-corrected chi connectivity index (χ2v) is 7.32. The highest BCUT2D eigenvalue weighted by atomic mass is 35.5. The van der Waals surface area contributed by atoms with Gasteiger partial charge >= 0.3 is 11.8 Å². The zero-order valence-electron chi connectivity index (χ0n) is 16.4. The molecule has 0 atom stereocenters. The molecule has 2 heterocycles. The first-order valence-electron chi connectivity index (χ1n) is 9.55. The molecule has 1 aliphatic heterocycles. The van der Waals surface area contributed by atoms with Gasteiger partial charge in [-0.15, -0.1) is 4.58 Å². The van der Waals surface area contributed by atoms with Gasteiger partial charge in [0.2, 0.25) is 0 Å². The molecule has 7 nitrogen and oxygen atoms in total. The smallest absolute Gasteiger partial charge is 0.423 e. The van der Waals surface area contributed by atoms with E-state index in [2.05, 4.69) is 11.1 Å². The summed E-state index contributed by atoms with van der Waals surface area (Å²) in [6.07, 6.45) is 2.05. The lowest BCUT2D eigenvalue weighted by atomic mass is 10.1. The van der Waals surface area contributed by atoms with E-state index >= 15 is 0 Å². The standard InChI is InChI=1S/C23H17ClN4O3/c24-18-7-3-8-27-21(18)14-11-15(13-25)20(26)19(12-14)31-10-4-9-28-22(29)16-5-1-2-6-17(16)23(28)30/h1-3,5-8,11-12H,4,9-10H2,(H2,26,27)/p+1. The number of aromatic nitrogens is 1. The van der Waals surface area contributed by atoms with Crippen LogP contribution in [0.1, 0.15) is 27.9 Å². The molecule has 2 aromatic carbocycles.